The maximum absolute atomic E-state index is 12.9. The Kier molecular flexibility index (Phi) is 5.91. The first-order valence-corrected chi connectivity index (χ1v) is 9.07. The molecular weight excluding hydrogens is 307 g/mol. The van der Waals surface area contributed by atoms with Gasteiger partial charge in [-0.05, 0) is 56.6 Å². The number of nitrogens with zero attached hydrogens (tertiary/aromatic N) is 1. The van der Waals surface area contributed by atoms with Crippen molar-refractivity contribution in [3.8, 4) is 0 Å². The second-order valence-corrected chi connectivity index (χ2v) is 7.43. The Balaban J connectivity index is 1.88. The minimum Gasteiger partial charge on any atom is -0.392 e. The van der Waals surface area contributed by atoms with Gasteiger partial charge in [0.2, 0.25) is 10.0 Å². The first-order valence-electron chi connectivity index (χ1n) is 7.59. The van der Waals surface area contributed by atoms with Crippen LogP contribution in [0.5, 0.6) is 0 Å². The lowest BCUT2D eigenvalue weighted by atomic mass is 10.1. The largest absolute Gasteiger partial charge is 0.392 e. The number of hydrogen-bond donors (Lipinski definition) is 2. The molecule has 7 heteroatoms. The van der Waals surface area contributed by atoms with Crippen molar-refractivity contribution in [2.45, 2.75) is 43.2 Å². The second kappa shape index (κ2) is 7.50. The van der Waals surface area contributed by atoms with E-state index < -0.39 is 15.8 Å². The van der Waals surface area contributed by atoms with Crippen molar-refractivity contribution in [3.05, 3.63) is 30.1 Å². The van der Waals surface area contributed by atoms with Gasteiger partial charge in [-0.1, -0.05) is 6.92 Å². The van der Waals surface area contributed by atoms with Crippen molar-refractivity contribution in [3.63, 3.8) is 0 Å². The number of likely N-dealkylation sites (tertiary alicyclic amines) is 1. The molecule has 0 radical (unpaired) electrons. The molecule has 0 saturated carbocycles. The zero-order chi connectivity index (χ0) is 16.2. The highest BCUT2D eigenvalue weighted by atomic mass is 32.2. The number of aliphatic hydroxyl groups is 1. The number of β-amino-alcohol motifs (C(OH)–C–C–N with tert-alkyl or cyclic N) is 1. The molecule has 1 aromatic carbocycles. The molecule has 0 spiro atoms. The van der Waals surface area contributed by atoms with Crippen LogP contribution < -0.4 is 4.72 Å². The summed E-state index contributed by atoms with van der Waals surface area (Å²) in [5.74, 6) is -0.457. The second-order valence-electron chi connectivity index (χ2n) is 5.71. The Morgan fingerprint density at radius 3 is 2.45 bits per heavy atom. The lowest BCUT2D eigenvalue weighted by Gasteiger charge is -2.33. The zero-order valence-corrected chi connectivity index (χ0v) is 13.5. The van der Waals surface area contributed by atoms with Crippen LogP contribution in [-0.4, -0.2) is 50.2 Å². The fraction of sp³-hybridized carbons (Fsp3) is 0.600. The van der Waals surface area contributed by atoms with Crippen molar-refractivity contribution in [2.24, 2.45) is 0 Å². The lowest BCUT2D eigenvalue weighted by molar-refractivity contribution is 0.0935. The highest BCUT2D eigenvalue weighted by molar-refractivity contribution is 7.89. The predicted octanol–water partition coefficient (Wildman–Crippen LogP) is 1.34. The van der Waals surface area contributed by atoms with Crippen molar-refractivity contribution in [1.82, 2.24) is 9.62 Å². The summed E-state index contributed by atoms with van der Waals surface area (Å²) >= 11 is 0. The Labute approximate surface area is 131 Å². The molecule has 1 aliphatic rings. The molecule has 124 valence electrons. The Hall–Kier alpha value is -1.02. The molecule has 1 heterocycles. The molecule has 0 aliphatic carbocycles. The minimum absolute atomic E-state index is 0.0812. The summed E-state index contributed by atoms with van der Waals surface area (Å²) in [6, 6.07) is 4.70. The summed E-state index contributed by atoms with van der Waals surface area (Å²) < 4.78 is 40.0. The molecule has 1 saturated heterocycles. The molecule has 0 aromatic heterocycles. The molecule has 2 rings (SSSR count). The van der Waals surface area contributed by atoms with Crippen LogP contribution >= 0.6 is 0 Å². The Morgan fingerprint density at radius 1 is 1.32 bits per heavy atom. The highest BCUT2D eigenvalue weighted by Gasteiger charge is 2.25. The van der Waals surface area contributed by atoms with E-state index in [0.717, 1.165) is 31.6 Å². The van der Waals surface area contributed by atoms with Gasteiger partial charge in [-0.2, -0.15) is 0 Å². The van der Waals surface area contributed by atoms with Crippen LogP contribution in [0.25, 0.3) is 0 Å². The van der Waals surface area contributed by atoms with E-state index in [4.69, 9.17) is 0 Å². The Bertz CT molecular complexity index is 569. The van der Waals surface area contributed by atoms with Gasteiger partial charge in [0.25, 0.3) is 0 Å². The number of benzene rings is 1. The molecule has 0 bridgehead atoms. The van der Waals surface area contributed by atoms with E-state index in [9.17, 15) is 17.9 Å². The van der Waals surface area contributed by atoms with Crippen LogP contribution in [0.4, 0.5) is 4.39 Å². The van der Waals surface area contributed by atoms with Gasteiger partial charge in [0.1, 0.15) is 5.82 Å². The van der Waals surface area contributed by atoms with Gasteiger partial charge in [0, 0.05) is 12.6 Å². The van der Waals surface area contributed by atoms with E-state index in [0.29, 0.717) is 19.4 Å². The molecule has 5 nitrogen and oxygen atoms in total. The van der Waals surface area contributed by atoms with Gasteiger partial charge >= 0.3 is 0 Å². The van der Waals surface area contributed by atoms with Crippen molar-refractivity contribution < 1.29 is 17.9 Å². The molecule has 1 atom stereocenters. The van der Waals surface area contributed by atoms with Crippen LogP contribution in [0.3, 0.4) is 0 Å². The van der Waals surface area contributed by atoms with Crippen molar-refractivity contribution in [2.75, 3.05) is 19.6 Å². The summed E-state index contributed by atoms with van der Waals surface area (Å²) in [6.07, 6.45) is 1.80. The average molecular weight is 330 g/mol. The number of piperidine rings is 1. The third-order valence-corrected chi connectivity index (χ3v) is 5.51. The van der Waals surface area contributed by atoms with E-state index in [-0.39, 0.29) is 17.0 Å². The molecule has 1 fully saturated rings. The number of nitrogens with one attached hydrogen (secondary N) is 1. The quantitative estimate of drug-likeness (QED) is 0.826. The van der Waals surface area contributed by atoms with E-state index in [2.05, 4.69) is 9.62 Å². The van der Waals surface area contributed by atoms with E-state index in [1.54, 1.807) is 0 Å². The SMILES string of the molecule is CCC(O)CN1CCC(NS(=O)(=O)c2ccc(F)cc2)CC1. The zero-order valence-electron chi connectivity index (χ0n) is 12.7. The number of aliphatic hydroxyl groups excluding tert-OH is 1. The van der Waals surface area contributed by atoms with Crippen molar-refractivity contribution >= 4 is 10.0 Å². The average Bonchev–Trinajstić information content (AvgIpc) is 2.49. The van der Waals surface area contributed by atoms with Crippen LogP contribution in [-0.2, 0) is 10.0 Å². The van der Waals surface area contributed by atoms with E-state index in [1.807, 2.05) is 6.92 Å². The van der Waals surface area contributed by atoms with Gasteiger partial charge in [0.15, 0.2) is 0 Å². The maximum Gasteiger partial charge on any atom is 0.240 e. The van der Waals surface area contributed by atoms with Crippen LogP contribution in [0, 0.1) is 5.82 Å². The molecule has 2 N–H and O–H groups in total. The minimum atomic E-state index is -3.61. The van der Waals surface area contributed by atoms with E-state index >= 15 is 0 Å². The van der Waals surface area contributed by atoms with Crippen molar-refractivity contribution in [1.29, 1.82) is 0 Å². The smallest absolute Gasteiger partial charge is 0.240 e. The lowest BCUT2D eigenvalue weighted by Crippen LogP contribution is -2.46. The summed E-state index contributed by atoms with van der Waals surface area (Å²) in [7, 11) is -3.61. The number of halogens is 1. The molecule has 22 heavy (non-hydrogen) atoms. The standard InChI is InChI=1S/C15H23FN2O3S/c1-2-14(19)11-18-9-7-13(8-10-18)17-22(20,21)15-5-3-12(16)4-6-15/h3-6,13-14,17,19H,2,7-11H2,1H3. The molecule has 1 unspecified atom stereocenters. The van der Waals surface area contributed by atoms with Gasteiger partial charge in [-0.15, -0.1) is 0 Å². The molecule has 1 aliphatic heterocycles. The van der Waals surface area contributed by atoms with Crippen LogP contribution in [0.15, 0.2) is 29.2 Å². The van der Waals surface area contributed by atoms with Crippen LogP contribution in [0.1, 0.15) is 26.2 Å². The summed E-state index contributed by atoms with van der Waals surface area (Å²) in [5, 5.41) is 9.65. The Morgan fingerprint density at radius 2 is 1.91 bits per heavy atom. The van der Waals surface area contributed by atoms with Crippen LogP contribution in [0.2, 0.25) is 0 Å². The highest BCUT2D eigenvalue weighted by Crippen LogP contribution is 2.16. The number of hydrogen-bond acceptors (Lipinski definition) is 4. The molecule has 1 aromatic rings. The maximum atomic E-state index is 12.9. The van der Waals surface area contributed by atoms with Gasteiger partial charge in [-0.3, -0.25) is 0 Å². The van der Waals surface area contributed by atoms with Gasteiger partial charge < -0.3 is 10.0 Å². The number of rotatable bonds is 6. The summed E-state index contributed by atoms with van der Waals surface area (Å²) in [5.41, 5.74) is 0. The molecule has 0 amide bonds. The third kappa shape index (κ3) is 4.74. The summed E-state index contributed by atoms with van der Waals surface area (Å²) in [6.45, 7) is 4.09. The fourth-order valence-corrected chi connectivity index (χ4v) is 3.87. The predicted molar refractivity (Wildman–Crippen MR) is 82.5 cm³/mol. The molecular formula is C15H23FN2O3S. The summed E-state index contributed by atoms with van der Waals surface area (Å²) in [4.78, 5) is 2.23. The van der Waals surface area contributed by atoms with Gasteiger partial charge in [0.05, 0.1) is 11.0 Å². The number of sulfonamides is 1. The first-order chi connectivity index (χ1) is 10.4. The normalized spacial score (nSPS) is 19.2. The van der Waals surface area contributed by atoms with E-state index in [1.165, 1.54) is 12.1 Å². The first kappa shape index (κ1) is 17.3. The third-order valence-electron chi connectivity index (χ3n) is 3.97. The fourth-order valence-electron chi connectivity index (χ4n) is 2.56. The topological polar surface area (TPSA) is 69.6 Å². The van der Waals surface area contributed by atoms with Gasteiger partial charge in [-0.25, -0.2) is 17.5 Å². The monoisotopic (exact) mass is 330 g/mol.